The van der Waals surface area contributed by atoms with Crippen molar-refractivity contribution >= 4 is 54.9 Å². The Bertz CT molecular complexity index is 943. The fourth-order valence-electron chi connectivity index (χ4n) is 2.68. The van der Waals surface area contributed by atoms with Crippen LogP contribution in [0.25, 0.3) is 30.9 Å². The van der Waals surface area contributed by atoms with Crippen LogP contribution in [0.2, 0.25) is 0 Å². The van der Waals surface area contributed by atoms with E-state index in [0.29, 0.717) is 5.46 Å². The molecule has 1 heterocycles. The monoisotopic (exact) mass is 278 g/mol. The van der Waals surface area contributed by atoms with E-state index in [0.717, 1.165) is 4.70 Å². The van der Waals surface area contributed by atoms with E-state index >= 15 is 0 Å². The molecule has 1 aromatic heterocycles. The van der Waals surface area contributed by atoms with Gasteiger partial charge in [-0.2, -0.15) is 0 Å². The fraction of sp³-hybridized carbons (Fsp3) is 0. The lowest BCUT2D eigenvalue weighted by molar-refractivity contribution is 0.426. The van der Waals surface area contributed by atoms with Crippen LogP contribution in [-0.2, 0) is 0 Å². The van der Waals surface area contributed by atoms with Crippen molar-refractivity contribution in [3.05, 3.63) is 54.6 Å². The van der Waals surface area contributed by atoms with Crippen molar-refractivity contribution in [2.75, 3.05) is 0 Å². The van der Waals surface area contributed by atoms with Gasteiger partial charge >= 0.3 is 7.12 Å². The van der Waals surface area contributed by atoms with E-state index in [1.165, 1.54) is 26.2 Å². The minimum atomic E-state index is -1.42. The third-order valence-corrected chi connectivity index (χ3v) is 4.89. The van der Waals surface area contributed by atoms with E-state index in [-0.39, 0.29) is 0 Å². The molecular formula is C16H11BO2S. The Morgan fingerprint density at radius 2 is 1.60 bits per heavy atom. The second kappa shape index (κ2) is 4.31. The maximum atomic E-state index is 9.29. The Kier molecular flexibility index (Phi) is 2.57. The van der Waals surface area contributed by atoms with E-state index in [9.17, 15) is 10.0 Å². The molecule has 4 heteroatoms. The van der Waals surface area contributed by atoms with Crippen LogP contribution in [0.1, 0.15) is 0 Å². The third kappa shape index (κ3) is 1.66. The van der Waals surface area contributed by atoms with Crippen molar-refractivity contribution in [2.24, 2.45) is 0 Å². The molecule has 0 saturated heterocycles. The summed E-state index contributed by atoms with van der Waals surface area (Å²) in [5.74, 6) is 0. The normalized spacial score (nSPS) is 11.5. The van der Waals surface area contributed by atoms with Crippen molar-refractivity contribution in [1.82, 2.24) is 0 Å². The second-order valence-corrected chi connectivity index (χ2v) is 5.95. The van der Waals surface area contributed by atoms with Gasteiger partial charge in [-0.1, -0.05) is 48.5 Å². The highest BCUT2D eigenvalue weighted by Gasteiger charge is 2.14. The van der Waals surface area contributed by atoms with Gasteiger partial charge in [0.15, 0.2) is 0 Å². The molecular weight excluding hydrogens is 267 g/mol. The average Bonchev–Trinajstić information content (AvgIpc) is 2.85. The molecule has 2 nitrogen and oxygen atoms in total. The zero-order chi connectivity index (χ0) is 13.7. The largest absolute Gasteiger partial charge is 0.488 e. The first kappa shape index (κ1) is 11.9. The first-order chi connectivity index (χ1) is 9.74. The Morgan fingerprint density at radius 3 is 2.45 bits per heavy atom. The summed E-state index contributed by atoms with van der Waals surface area (Å²) in [4.78, 5) is 0. The lowest BCUT2D eigenvalue weighted by Gasteiger charge is -1.99. The van der Waals surface area contributed by atoms with E-state index in [1.54, 1.807) is 17.4 Å². The molecule has 0 aliphatic carbocycles. The number of hydrogen-bond acceptors (Lipinski definition) is 3. The molecule has 4 rings (SSSR count). The van der Waals surface area contributed by atoms with Gasteiger partial charge in [-0.15, -0.1) is 11.3 Å². The lowest BCUT2D eigenvalue weighted by Crippen LogP contribution is -2.29. The van der Waals surface area contributed by atoms with Crippen LogP contribution in [0.5, 0.6) is 0 Å². The lowest BCUT2D eigenvalue weighted by atomic mass is 9.80. The molecule has 0 aliphatic rings. The maximum absolute atomic E-state index is 9.29. The maximum Gasteiger partial charge on any atom is 0.488 e. The summed E-state index contributed by atoms with van der Waals surface area (Å²) in [5.41, 5.74) is 0.536. The first-order valence-electron chi connectivity index (χ1n) is 6.44. The minimum Gasteiger partial charge on any atom is -0.423 e. The van der Waals surface area contributed by atoms with Gasteiger partial charge in [0.25, 0.3) is 0 Å². The summed E-state index contributed by atoms with van der Waals surface area (Å²) in [6, 6.07) is 18.2. The highest BCUT2D eigenvalue weighted by molar-refractivity contribution is 7.26. The highest BCUT2D eigenvalue weighted by atomic mass is 32.1. The van der Waals surface area contributed by atoms with Crippen molar-refractivity contribution < 1.29 is 10.0 Å². The topological polar surface area (TPSA) is 40.5 Å². The van der Waals surface area contributed by atoms with Crippen molar-refractivity contribution in [2.45, 2.75) is 0 Å². The van der Waals surface area contributed by atoms with Gasteiger partial charge in [-0.25, -0.2) is 0 Å². The molecule has 4 aromatic rings. The molecule has 0 bridgehead atoms. The Labute approximate surface area is 120 Å². The molecule has 0 aliphatic heterocycles. The van der Waals surface area contributed by atoms with E-state index in [4.69, 9.17) is 0 Å². The van der Waals surface area contributed by atoms with Crippen molar-refractivity contribution in [1.29, 1.82) is 0 Å². The van der Waals surface area contributed by atoms with Crippen LogP contribution in [-0.4, -0.2) is 17.2 Å². The number of thiophene rings is 1. The summed E-state index contributed by atoms with van der Waals surface area (Å²) >= 11 is 1.70. The molecule has 0 saturated carbocycles. The minimum absolute atomic E-state index is 0.536. The van der Waals surface area contributed by atoms with E-state index in [1.807, 2.05) is 18.2 Å². The number of fused-ring (bicyclic) bond motifs is 5. The van der Waals surface area contributed by atoms with Crippen LogP contribution >= 0.6 is 11.3 Å². The van der Waals surface area contributed by atoms with Gasteiger partial charge in [0.1, 0.15) is 0 Å². The molecule has 0 spiro atoms. The summed E-state index contributed by atoms with van der Waals surface area (Å²) < 4.78 is 2.34. The molecule has 0 amide bonds. The average molecular weight is 278 g/mol. The predicted octanol–water partition coefficient (Wildman–Crippen LogP) is 2.89. The molecule has 0 unspecified atom stereocenters. The number of rotatable bonds is 1. The molecule has 0 atom stereocenters. The summed E-state index contributed by atoms with van der Waals surface area (Å²) in [6.45, 7) is 0. The highest BCUT2D eigenvalue weighted by Crippen LogP contribution is 2.37. The number of hydrogen-bond donors (Lipinski definition) is 2. The standard InChI is InChI=1S/C16H11BO2S/c18-17(19)11-6-8-13-14-7-5-10-3-1-2-4-12(10)16(14)20-15(13)9-11/h1-9,18-19H. The quantitative estimate of drug-likeness (QED) is 0.526. The van der Waals surface area contributed by atoms with E-state index < -0.39 is 7.12 Å². The Balaban J connectivity index is 2.15. The summed E-state index contributed by atoms with van der Waals surface area (Å²) in [7, 11) is -1.42. The zero-order valence-electron chi connectivity index (χ0n) is 10.6. The van der Waals surface area contributed by atoms with Crippen LogP contribution < -0.4 is 5.46 Å². The van der Waals surface area contributed by atoms with Gasteiger partial charge in [-0.3, -0.25) is 0 Å². The predicted molar refractivity (Wildman–Crippen MR) is 86.7 cm³/mol. The molecule has 0 radical (unpaired) electrons. The van der Waals surface area contributed by atoms with Crippen LogP contribution in [0.15, 0.2) is 54.6 Å². The molecule has 96 valence electrons. The van der Waals surface area contributed by atoms with Crippen molar-refractivity contribution in [3.8, 4) is 0 Å². The summed E-state index contributed by atoms with van der Waals surface area (Å²) in [5, 5.41) is 23.4. The third-order valence-electron chi connectivity index (χ3n) is 3.69. The summed E-state index contributed by atoms with van der Waals surface area (Å²) in [6.07, 6.45) is 0. The molecule has 0 fully saturated rings. The van der Waals surface area contributed by atoms with Gasteiger partial charge in [0.2, 0.25) is 0 Å². The number of benzene rings is 3. The van der Waals surface area contributed by atoms with Crippen molar-refractivity contribution in [3.63, 3.8) is 0 Å². The first-order valence-corrected chi connectivity index (χ1v) is 7.26. The molecule has 20 heavy (non-hydrogen) atoms. The van der Waals surface area contributed by atoms with Crippen LogP contribution in [0.4, 0.5) is 0 Å². The zero-order valence-corrected chi connectivity index (χ0v) is 11.4. The molecule has 3 aromatic carbocycles. The Hall–Kier alpha value is -1.88. The van der Waals surface area contributed by atoms with Gasteiger partial charge in [-0.05, 0) is 22.3 Å². The second-order valence-electron chi connectivity index (χ2n) is 4.89. The van der Waals surface area contributed by atoms with E-state index in [2.05, 4.69) is 30.3 Å². The van der Waals surface area contributed by atoms with Gasteiger partial charge in [0, 0.05) is 20.2 Å². The smallest absolute Gasteiger partial charge is 0.423 e. The van der Waals surface area contributed by atoms with Gasteiger partial charge < -0.3 is 10.0 Å². The van der Waals surface area contributed by atoms with Crippen LogP contribution in [0.3, 0.4) is 0 Å². The van der Waals surface area contributed by atoms with Gasteiger partial charge in [0.05, 0.1) is 0 Å². The Morgan fingerprint density at radius 1 is 0.800 bits per heavy atom. The SMILES string of the molecule is OB(O)c1ccc2c(c1)sc1c3ccccc3ccc21. The fourth-order valence-corrected chi connectivity index (χ4v) is 3.97. The molecule has 2 N–H and O–H groups in total. The van der Waals surface area contributed by atoms with Crippen LogP contribution in [0, 0.1) is 0 Å².